The maximum Gasteiger partial charge on any atom is 0.245 e. The van der Waals surface area contributed by atoms with E-state index >= 15 is 0 Å². The third-order valence-corrected chi connectivity index (χ3v) is 3.72. The lowest BCUT2D eigenvalue weighted by molar-refractivity contribution is -0.135. The van der Waals surface area contributed by atoms with Crippen molar-refractivity contribution in [1.29, 1.82) is 0 Å². The molecule has 1 amide bonds. The van der Waals surface area contributed by atoms with E-state index < -0.39 is 0 Å². The number of imidazole rings is 1. The summed E-state index contributed by atoms with van der Waals surface area (Å²) >= 11 is 0. The van der Waals surface area contributed by atoms with Gasteiger partial charge in [0.2, 0.25) is 5.91 Å². The Kier molecular flexibility index (Phi) is 5.87. The van der Waals surface area contributed by atoms with Crippen LogP contribution >= 0.6 is 0 Å². The van der Waals surface area contributed by atoms with Crippen molar-refractivity contribution in [1.82, 2.24) is 19.4 Å². The molecular weight excluding hydrogens is 295 g/mol. The van der Waals surface area contributed by atoms with E-state index in [2.05, 4.69) is 4.98 Å². The summed E-state index contributed by atoms with van der Waals surface area (Å²) in [5.74, 6) is -0.292. The molecule has 1 atom stereocenters. The minimum atomic E-state index is -0.340. The van der Waals surface area contributed by atoms with Crippen molar-refractivity contribution < 1.29 is 9.18 Å². The zero-order chi connectivity index (χ0) is 16.8. The first-order valence-corrected chi connectivity index (χ1v) is 7.63. The average Bonchev–Trinajstić information content (AvgIpc) is 3.04. The Balaban J connectivity index is 2.14. The fourth-order valence-electron chi connectivity index (χ4n) is 2.33. The maximum atomic E-state index is 13.4. The number of hydrogen-bond acceptors (Lipinski definition) is 3. The zero-order valence-corrected chi connectivity index (χ0v) is 13.8. The molecule has 1 heterocycles. The van der Waals surface area contributed by atoms with Crippen molar-refractivity contribution in [3.8, 4) is 0 Å². The van der Waals surface area contributed by atoms with E-state index in [1.807, 2.05) is 32.0 Å². The van der Waals surface area contributed by atoms with Crippen molar-refractivity contribution in [2.24, 2.45) is 0 Å². The molecule has 1 aromatic heterocycles. The fourth-order valence-corrected chi connectivity index (χ4v) is 2.33. The molecule has 0 aliphatic carbocycles. The summed E-state index contributed by atoms with van der Waals surface area (Å²) in [6.07, 6.45) is 5.06. The lowest BCUT2D eigenvalue weighted by Gasteiger charge is -2.27. The first-order valence-electron chi connectivity index (χ1n) is 7.63. The number of rotatable bonds is 7. The molecule has 0 spiro atoms. The van der Waals surface area contributed by atoms with E-state index in [1.165, 1.54) is 12.1 Å². The van der Waals surface area contributed by atoms with Crippen LogP contribution in [0.1, 0.15) is 18.5 Å². The molecule has 0 N–H and O–H groups in total. The summed E-state index contributed by atoms with van der Waals surface area (Å²) in [4.78, 5) is 20.6. The highest BCUT2D eigenvalue weighted by molar-refractivity contribution is 5.80. The summed E-state index contributed by atoms with van der Waals surface area (Å²) < 4.78 is 15.2. The predicted molar refractivity (Wildman–Crippen MR) is 87.3 cm³/mol. The van der Waals surface area contributed by atoms with Gasteiger partial charge in [-0.2, -0.15) is 0 Å². The Labute approximate surface area is 136 Å². The van der Waals surface area contributed by atoms with Crippen LogP contribution in [0.2, 0.25) is 0 Å². The minimum Gasteiger partial charge on any atom is -0.335 e. The summed E-state index contributed by atoms with van der Waals surface area (Å²) in [6.45, 7) is 3.57. The highest BCUT2D eigenvalue weighted by Gasteiger charge is 2.22. The second-order valence-electron chi connectivity index (χ2n) is 5.88. The van der Waals surface area contributed by atoms with Gasteiger partial charge in [-0.1, -0.05) is 12.1 Å². The monoisotopic (exact) mass is 318 g/mol. The van der Waals surface area contributed by atoms with Crippen molar-refractivity contribution >= 4 is 5.91 Å². The van der Waals surface area contributed by atoms with E-state index in [4.69, 9.17) is 0 Å². The average molecular weight is 318 g/mol. The van der Waals surface area contributed by atoms with Crippen LogP contribution < -0.4 is 0 Å². The number of carbonyl (C=O) groups is 1. The molecule has 0 fully saturated rings. The molecule has 0 unspecified atom stereocenters. The van der Waals surface area contributed by atoms with E-state index in [0.717, 1.165) is 12.1 Å². The van der Waals surface area contributed by atoms with Gasteiger partial charge in [-0.05, 0) is 38.7 Å². The van der Waals surface area contributed by atoms with Gasteiger partial charge in [-0.15, -0.1) is 0 Å². The Morgan fingerprint density at radius 1 is 1.35 bits per heavy atom. The van der Waals surface area contributed by atoms with E-state index in [9.17, 15) is 9.18 Å². The Hall–Kier alpha value is -2.21. The van der Waals surface area contributed by atoms with Crippen LogP contribution in [0, 0.1) is 5.82 Å². The quantitative estimate of drug-likeness (QED) is 0.786. The molecule has 124 valence electrons. The number of amides is 1. The SMILES string of the molecule is C[C@H](C(=O)N(CCN(C)C)Cc1cccc(F)c1)n1ccnc1. The molecule has 0 radical (unpaired) electrons. The number of halogens is 1. The molecular formula is C17H23FN4O. The van der Waals surface area contributed by atoms with Crippen molar-refractivity contribution in [2.75, 3.05) is 27.2 Å². The van der Waals surface area contributed by atoms with Crippen LogP contribution in [0.15, 0.2) is 43.0 Å². The van der Waals surface area contributed by atoms with Gasteiger partial charge in [-0.3, -0.25) is 4.79 Å². The molecule has 1 aromatic carbocycles. The zero-order valence-electron chi connectivity index (χ0n) is 13.8. The van der Waals surface area contributed by atoms with E-state index in [-0.39, 0.29) is 17.8 Å². The normalized spacial score (nSPS) is 12.4. The lowest BCUT2D eigenvalue weighted by atomic mass is 10.2. The smallest absolute Gasteiger partial charge is 0.245 e. The molecule has 5 nitrogen and oxygen atoms in total. The van der Waals surface area contributed by atoms with Crippen LogP contribution in [0.5, 0.6) is 0 Å². The standard InChI is InChI=1S/C17H23FN4O/c1-14(22-8-7-19-13-22)17(23)21(10-9-20(2)3)12-15-5-4-6-16(18)11-15/h4-8,11,13-14H,9-10,12H2,1-3H3/t14-/m1/s1. The lowest BCUT2D eigenvalue weighted by Crippen LogP contribution is -2.39. The molecule has 0 aliphatic heterocycles. The largest absolute Gasteiger partial charge is 0.335 e. The number of aromatic nitrogens is 2. The van der Waals surface area contributed by atoms with Gasteiger partial charge < -0.3 is 14.4 Å². The second kappa shape index (κ2) is 7.87. The van der Waals surface area contributed by atoms with E-state index in [1.54, 1.807) is 34.3 Å². The Bertz CT molecular complexity index is 627. The number of hydrogen-bond donors (Lipinski definition) is 0. The molecule has 0 saturated carbocycles. The van der Waals surface area contributed by atoms with Crippen LogP contribution in [-0.4, -0.2) is 52.4 Å². The fraction of sp³-hybridized carbons (Fsp3) is 0.412. The van der Waals surface area contributed by atoms with Gasteiger partial charge in [0.1, 0.15) is 11.9 Å². The van der Waals surface area contributed by atoms with E-state index in [0.29, 0.717) is 13.1 Å². The first kappa shape index (κ1) is 17.1. The van der Waals surface area contributed by atoms with Gasteiger partial charge in [0, 0.05) is 32.0 Å². The summed E-state index contributed by atoms with van der Waals surface area (Å²) in [5, 5.41) is 0. The molecule has 0 bridgehead atoms. The number of benzene rings is 1. The Morgan fingerprint density at radius 2 is 2.13 bits per heavy atom. The highest BCUT2D eigenvalue weighted by atomic mass is 19.1. The molecule has 23 heavy (non-hydrogen) atoms. The molecule has 0 aliphatic rings. The predicted octanol–water partition coefficient (Wildman–Crippen LogP) is 2.17. The van der Waals surface area contributed by atoms with Gasteiger partial charge in [0.05, 0.1) is 6.33 Å². The van der Waals surface area contributed by atoms with Gasteiger partial charge in [-0.25, -0.2) is 9.37 Å². The first-order chi connectivity index (χ1) is 11.0. The summed E-state index contributed by atoms with van der Waals surface area (Å²) in [7, 11) is 3.92. The summed E-state index contributed by atoms with van der Waals surface area (Å²) in [5.41, 5.74) is 0.787. The number of likely N-dealkylation sites (N-methyl/N-ethyl adjacent to an activating group) is 1. The molecule has 2 rings (SSSR count). The van der Waals surface area contributed by atoms with Crippen LogP contribution in [0.4, 0.5) is 4.39 Å². The second-order valence-corrected chi connectivity index (χ2v) is 5.88. The van der Waals surface area contributed by atoms with Crippen molar-refractivity contribution in [3.05, 3.63) is 54.4 Å². The van der Waals surface area contributed by atoms with Crippen molar-refractivity contribution in [2.45, 2.75) is 19.5 Å². The molecule has 2 aromatic rings. The van der Waals surface area contributed by atoms with Gasteiger partial charge >= 0.3 is 0 Å². The highest BCUT2D eigenvalue weighted by Crippen LogP contribution is 2.14. The number of carbonyl (C=O) groups excluding carboxylic acids is 1. The van der Waals surface area contributed by atoms with Crippen LogP contribution in [0.3, 0.4) is 0 Å². The maximum absolute atomic E-state index is 13.4. The third-order valence-electron chi connectivity index (χ3n) is 3.72. The number of nitrogens with zero attached hydrogens (tertiary/aromatic N) is 4. The van der Waals surface area contributed by atoms with Crippen molar-refractivity contribution in [3.63, 3.8) is 0 Å². The van der Waals surface area contributed by atoms with Gasteiger partial charge in [0.15, 0.2) is 0 Å². The topological polar surface area (TPSA) is 41.4 Å². The Morgan fingerprint density at radius 3 is 2.74 bits per heavy atom. The molecule has 0 saturated heterocycles. The minimum absolute atomic E-state index is 0.00545. The van der Waals surface area contributed by atoms with Crippen LogP contribution in [0.25, 0.3) is 0 Å². The third kappa shape index (κ3) is 4.89. The summed E-state index contributed by atoms with van der Waals surface area (Å²) in [6, 6.07) is 6.04. The van der Waals surface area contributed by atoms with Gasteiger partial charge in [0.25, 0.3) is 0 Å². The van der Waals surface area contributed by atoms with Crippen LogP contribution in [-0.2, 0) is 11.3 Å². The molecule has 6 heteroatoms.